The average Bonchev–Trinajstić information content (AvgIpc) is 2.30. The third kappa shape index (κ3) is 9.82. The molecule has 0 unspecified atom stereocenters. The second kappa shape index (κ2) is 8.59. The maximum absolute atomic E-state index is 12.5. The summed E-state index contributed by atoms with van der Waals surface area (Å²) >= 11 is 0. The van der Waals surface area contributed by atoms with Crippen LogP contribution in [0.5, 0.6) is 0 Å². The predicted octanol–water partition coefficient (Wildman–Crippen LogP) is 2.98. The van der Waals surface area contributed by atoms with Crippen molar-refractivity contribution in [3.8, 4) is 0 Å². The van der Waals surface area contributed by atoms with Crippen molar-refractivity contribution in [2.24, 2.45) is 15.3 Å². The summed E-state index contributed by atoms with van der Waals surface area (Å²) < 4.78 is 24.3. The third-order valence-corrected chi connectivity index (χ3v) is 3.13. The first-order valence-corrected chi connectivity index (χ1v) is 9.93. The lowest BCUT2D eigenvalue weighted by Crippen LogP contribution is -2.25. The first kappa shape index (κ1) is 24.7. The quantitative estimate of drug-likeness (QED) is 0.373. The minimum atomic E-state index is -4.31. The zero-order valence-corrected chi connectivity index (χ0v) is 17.9. The SMILES string of the molecule is CC(C)O/[N+]([O-])=N/C(=C([N+]([O-])=NC(C)(C)C)[N+]([O-])=NC(C)(C)C)S(C)(=O)=O. The Morgan fingerprint density at radius 3 is 1.56 bits per heavy atom. The van der Waals surface area contributed by atoms with E-state index in [9.17, 15) is 24.0 Å². The fraction of sp³-hybridized carbons (Fsp3) is 0.857. The van der Waals surface area contributed by atoms with Gasteiger partial charge in [0.1, 0.15) is 11.1 Å². The van der Waals surface area contributed by atoms with Crippen molar-refractivity contribution >= 4 is 9.84 Å². The molecule has 0 aliphatic carbocycles. The number of nitrogens with zero attached hydrogens (tertiary/aromatic N) is 6. The summed E-state index contributed by atoms with van der Waals surface area (Å²) in [6.45, 7) is 12.4. The van der Waals surface area contributed by atoms with Gasteiger partial charge >= 0.3 is 10.9 Å². The van der Waals surface area contributed by atoms with Crippen molar-refractivity contribution in [1.29, 1.82) is 0 Å². The highest BCUT2D eigenvalue weighted by Gasteiger charge is 2.40. The fourth-order valence-corrected chi connectivity index (χ4v) is 2.14. The molecule has 0 spiro atoms. The molecule has 0 aromatic heterocycles. The highest BCUT2D eigenvalue weighted by molar-refractivity contribution is 7.94. The molecule has 0 N–H and O–H groups in total. The second-order valence-corrected chi connectivity index (χ2v) is 9.91. The molecule has 0 aliphatic rings. The molecule has 27 heavy (non-hydrogen) atoms. The van der Waals surface area contributed by atoms with E-state index < -0.39 is 37.9 Å². The lowest BCUT2D eigenvalue weighted by Gasteiger charge is -2.12. The highest BCUT2D eigenvalue weighted by atomic mass is 32.2. The normalized spacial score (nSPS) is 15.1. The number of hydrogen-bond acceptors (Lipinski definition) is 9. The van der Waals surface area contributed by atoms with Crippen LogP contribution in [0.4, 0.5) is 0 Å². The number of rotatable bonds is 6. The zero-order chi connectivity index (χ0) is 21.8. The molecule has 0 rings (SSSR count). The Bertz CT molecular complexity index is 737. The van der Waals surface area contributed by atoms with Crippen LogP contribution < -0.4 is 0 Å². The molecular weight excluding hydrogens is 380 g/mol. The van der Waals surface area contributed by atoms with Crippen molar-refractivity contribution in [2.75, 3.05) is 6.26 Å². The molecular formula is C14H28N6O6S. The molecule has 0 aromatic carbocycles. The molecule has 156 valence electrons. The summed E-state index contributed by atoms with van der Waals surface area (Å²) in [7, 11) is -4.31. The maximum Gasteiger partial charge on any atom is 0.562 e. The smallest absolute Gasteiger partial charge is 0.562 e. The molecule has 0 radical (unpaired) electrons. The monoisotopic (exact) mass is 408 g/mol. The molecule has 0 saturated carbocycles. The van der Waals surface area contributed by atoms with Crippen LogP contribution in [-0.2, 0) is 14.7 Å². The summed E-state index contributed by atoms with van der Waals surface area (Å²) in [6, 6.07) is 0. The van der Waals surface area contributed by atoms with Gasteiger partial charge in [-0.25, -0.2) is 13.6 Å². The van der Waals surface area contributed by atoms with Gasteiger partial charge in [0.2, 0.25) is 9.84 Å². The van der Waals surface area contributed by atoms with E-state index in [2.05, 4.69) is 15.3 Å². The summed E-state index contributed by atoms with van der Waals surface area (Å²) in [5, 5.41) is 45.8. The first-order valence-electron chi connectivity index (χ1n) is 8.03. The van der Waals surface area contributed by atoms with Crippen LogP contribution in [-0.4, -0.2) is 46.6 Å². The molecule has 0 heterocycles. The van der Waals surface area contributed by atoms with Gasteiger partial charge in [0.25, 0.3) is 0 Å². The highest BCUT2D eigenvalue weighted by Crippen LogP contribution is 2.20. The van der Waals surface area contributed by atoms with Gasteiger partial charge in [-0.3, -0.25) is 0 Å². The molecule has 0 aromatic rings. The van der Waals surface area contributed by atoms with Crippen LogP contribution in [0.25, 0.3) is 0 Å². The first-order chi connectivity index (χ1) is 11.8. The Morgan fingerprint density at radius 2 is 1.30 bits per heavy atom. The molecule has 0 saturated heterocycles. The number of sulfone groups is 1. The van der Waals surface area contributed by atoms with Gasteiger partial charge in [0.15, 0.2) is 5.02 Å². The standard InChI is InChI=1S/C14H28N6O6S/c1-10(2)26-20(23)15-11(27(9,24)25)12(18(21)16-13(3,4)5)19(22)17-14(6,7)8/h10H,1-9H3/b12-11?,18-16?,19-17?,20-15+. The topological polar surface area (TPSA) is 159 Å². The minimum Gasteiger partial charge on any atom is -0.590 e. The molecule has 13 heteroatoms. The van der Waals surface area contributed by atoms with Gasteiger partial charge in [-0.2, -0.15) is 0 Å². The van der Waals surface area contributed by atoms with Crippen molar-refractivity contribution in [1.82, 2.24) is 0 Å². The molecule has 0 amide bonds. The molecule has 12 nitrogen and oxygen atoms in total. The van der Waals surface area contributed by atoms with E-state index in [1.54, 1.807) is 41.5 Å². The van der Waals surface area contributed by atoms with E-state index in [1.807, 2.05) is 0 Å². The van der Waals surface area contributed by atoms with E-state index in [-0.39, 0.29) is 14.7 Å². The van der Waals surface area contributed by atoms with Gasteiger partial charge < -0.3 is 15.3 Å². The third-order valence-electron chi connectivity index (χ3n) is 2.16. The Labute approximate surface area is 159 Å². The van der Waals surface area contributed by atoms with E-state index in [0.717, 1.165) is 0 Å². The van der Waals surface area contributed by atoms with Crippen LogP contribution in [0.2, 0.25) is 0 Å². The van der Waals surface area contributed by atoms with Crippen LogP contribution in [0.3, 0.4) is 0 Å². The number of azo groups is 2. The molecule has 0 atom stereocenters. The minimum absolute atomic E-state index is 0.203. The summed E-state index contributed by atoms with van der Waals surface area (Å²) in [5.74, 6) is -1.07. The van der Waals surface area contributed by atoms with Gasteiger partial charge in [0, 0.05) is 16.0 Å². The Balaban J connectivity index is 7.04. The van der Waals surface area contributed by atoms with Crippen LogP contribution in [0.15, 0.2) is 26.2 Å². The van der Waals surface area contributed by atoms with Crippen LogP contribution in [0.1, 0.15) is 55.4 Å². The van der Waals surface area contributed by atoms with Crippen LogP contribution >= 0.6 is 0 Å². The molecule has 0 fully saturated rings. The van der Waals surface area contributed by atoms with E-state index in [0.29, 0.717) is 6.26 Å². The van der Waals surface area contributed by atoms with Crippen molar-refractivity contribution in [3.05, 3.63) is 26.5 Å². The van der Waals surface area contributed by atoms with Gasteiger partial charge in [-0.05, 0) is 65.6 Å². The Hall–Kier alpha value is -2.31. The molecule has 0 aliphatic heterocycles. The van der Waals surface area contributed by atoms with Crippen molar-refractivity contribution < 1.29 is 28.0 Å². The largest absolute Gasteiger partial charge is 0.590 e. The summed E-state index contributed by atoms with van der Waals surface area (Å²) in [4.78, 5) is 4.29. The van der Waals surface area contributed by atoms with E-state index in [4.69, 9.17) is 4.84 Å². The van der Waals surface area contributed by atoms with E-state index in [1.165, 1.54) is 13.8 Å². The summed E-state index contributed by atoms with van der Waals surface area (Å²) in [5.41, 5.74) is -1.91. The number of hydroxylamine groups is 2. The van der Waals surface area contributed by atoms with E-state index >= 15 is 0 Å². The lowest BCUT2D eigenvalue weighted by molar-refractivity contribution is -0.797. The Kier molecular flexibility index (Phi) is 7.85. The fourth-order valence-electron chi connectivity index (χ4n) is 1.44. The van der Waals surface area contributed by atoms with Crippen molar-refractivity contribution in [3.63, 3.8) is 0 Å². The summed E-state index contributed by atoms with van der Waals surface area (Å²) in [6.07, 6.45) is 0.0611. The zero-order valence-electron chi connectivity index (χ0n) is 17.1. The molecule has 0 bridgehead atoms. The van der Waals surface area contributed by atoms with Gasteiger partial charge in [0.05, 0.1) is 11.2 Å². The van der Waals surface area contributed by atoms with Crippen LogP contribution in [0, 0.1) is 15.6 Å². The second-order valence-electron chi connectivity index (χ2n) is 7.98. The average molecular weight is 408 g/mol. The van der Waals surface area contributed by atoms with Gasteiger partial charge in [-0.1, -0.05) is 0 Å². The van der Waals surface area contributed by atoms with Gasteiger partial charge in [-0.15, -0.1) is 0 Å². The predicted molar refractivity (Wildman–Crippen MR) is 95.8 cm³/mol. The lowest BCUT2D eigenvalue weighted by atomic mass is 10.1. The Morgan fingerprint density at radius 1 is 0.926 bits per heavy atom. The van der Waals surface area contributed by atoms with Crippen molar-refractivity contribution in [2.45, 2.75) is 72.6 Å². The number of hydrogen-bond donors (Lipinski definition) is 0. The maximum atomic E-state index is 12.5.